The monoisotopic (exact) mass is 1880 g/mol. The number of carboxylic acid groups (broad SMARTS) is 1. The van der Waals surface area contributed by atoms with Crippen LogP contribution in [0, 0.1) is 35.5 Å². The molecule has 9 rings (SSSR count). The number of nitrogens with zero attached hydrogens (tertiary/aromatic N) is 3. The Bertz CT molecular complexity index is 4120. The van der Waals surface area contributed by atoms with Crippen molar-refractivity contribution < 1.29 is 71.6 Å². The number of carbonyl (C=O) groups excluding carboxylic acids is 2. The van der Waals surface area contributed by atoms with E-state index in [1.807, 2.05) is 127 Å². The maximum Gasteiger partial charge on any atom is 0.306 e. The first kappa shape index (κ1) is 115. The van der Waals surface area contributed by atoms with E-state index < -0.39 is 42.8 Å². The van der Waals surface area contributed by atoms with Gasteiger partial charge in [-0.2, -0.15) is 0 Å². The minimum Gasteiger partial charge on any atom is -0.481 e. The van der Waals surface area contributed by atoms with Crippen LogP contribution in [0.2, 0.25) is 0 Å². The fraction of sp³-hybridized carbons (Fsp3) is 0.615. The molecule has 0 aliphatic carbocycles. The highest BCUT2D eigenvalue weighted by Gasteiger charge is 2.44. The molecule has 0 saturated carbocycles. The van der Waals surface area contributed by atoms with Gasteiger partial charge in [0.1, 0.15) is 12.7 Å². The highest BCUT2D eigenvalue weighted by Crippen LogP contribution is 2.39. The third kappa shape index (κ3) is 49.1. The van der Waals surface area contributed by atoms with Gasteiger partial charge in [0.15, 0.2) is 12.6 Å². The zero-order valence-electron chi connectivity index (χ0n) is 84.7. The molecule has 7 aromatic rings. The van der Waals surface area contributed by atoms with Crippen molar-refractivity contribution in [2.45, 2.75) is 401 Å². The van der Waals surface area contributed by atoms with Crippen molar-refractivity contribution in [1.29, 1.82) is 0 Å². The summed E-state index contributed by atoms with van der Waals surface area (Å²) in [6.45, 7) is 23.9. The average molecular weight is 1880 g/mol. The molecule has 2 aliphatic heterocycles. The highest BCUT2D eigenvalue weighted by molar-refractivity contribution is 5.76. The Morgan fingerprint density at radius 3 is 1.00 bits per heavy atom. The molecule has 0 aromatic heterocycles. The number of rotatable bonds is 71. The van der Waals surface area contributed by atoms with Crippen molar-refractivity contribution in [2.75, 3.05) is 26.4 Å². The lowest BCUT2D eigenvalue weighted by atomic mass is 9.79. The number of azide groups is 1. The van der Waals surface area contributed by atoms with Gasteiger partial charge < -0.3 is 62.5 Å². The van der Waals surface area contributed by atoms with Gasteiger partial charge in [0.2, 0.25) is 5.91 Å². The molecule has 2 heterocycles. The quantitative estimate of drug-likeness (QED) is 0.0119. The van der Waals surface area contributed by atoms with E-state index in [1.165, 1.54) is 128 Å². The molecule has 0 bridgehead atoms. The van der Waals surface area contributed by atoms with Crippen molar-refractivity contribution in [3.8, 4) is 0 Å². The SMILES string of the molecule is CCC(=O)O.CCCCCCCCCCCCCC[C@@H](OCc1ccccc1)[C@@H](OCc1ccccc1)[C@H](CO[C@H]1OC(COCc2ccccc2)[C@H](C)[C@H](C)C1C)N=[N+]=[N-].CCCCCCCCCCCCCC[C@@H](OCc1ccccc1)[C@@H](OCc1ccccc1)[C@H](CO[C@H]1OC(COCc2ccccc2)[C@H](C)[C@H](C)C1C)NC(=O)CCCCCCCCCC(=O)OCc1ccccc1. The van der Waals surface area contributed by atoms with E-state index in [2.05, 4.69) is 156 Å². The molecular formula is C117H174N4O15. The molecule has 7 aromatic carbocycles. The third-order valence-electron chi connectivity index (χ3n) is 27.4. The summed E-state index contributed by atoms with van der Waals surface area (Å²) in [5, 5.41) is 15.5. The zero-order chi connectivity index (χ0) is 96.9. The van der Waals surface area contributed by atoms with Gasteiger partial charge >= 0.3 is 11.9 Å². The van der Waals surface area contributed by atoms with E-state index in [9.17, 15) is 19.9 Å². The molecule has 752 valence electrons. The van der Waals surface area contributed by atoms with Crippen LogP contribution < -0.4 is 5.32 Å². The maximum atomic E-state index is 14.2. The number of carboxylic acids is 1. The predicted octanol–water partition coefficient (Wildman–Crippen LogP) is 29.1. The molecule has 4 unspecified atom stereocenters. The predicted molar refractivity (Wildman–Crippen MR) is 548 cm³/mol. The lowest BCUT2D eigenvalue weighted by Crippen LogP contribution is -2.54. The van der Waals surface area contributed by atoms with Gasteiger partial charge in [-0.15, -0.1) is 0 Å². The molecule has 0 radical (unpaired) electrons. The number of aliphatic carboxylic acids is 1. The second-order valence-electron chi connectivity index (χ2n) is 38.3. The number of hydrogen-bond acceptors (Lipinski definition) is 15. The van der Waals surface area contributed by atoms with Crippen LogP contribution in [0.25, 0.3) is 10.4 Å². The van der Waals surface area contributed by atoms with Gasteiger partial charge in [0, 0.05) is 36.0 Å². The Morgan fingerprint density at radius 1 is 0.360 bits per heavy atom. The van der Waals surface area contributed by atoms with E-state index in [0.29, 0.717) is 90.1 Å². The first-order chi connectivity index (χ1) is 66.6. The second-order valence-corrected chi connectivity index (χ2v) is 38.3. The molecule has 2 N–H and O–H groups in total. The standard InChI is InChI=1S/C66H97NO8.C48H71N3O5.C3H6O2/c1-5-6-7-8-9-10-11-12-13-15-18-33-44-61(71-48-57-38-27-22-28-39-57)65(73-50-59-42-31-24-32-43-59)60(51-74-66-55(4)53(2)54(3)62(75-66)52-70-47-56-36-25-21-26-37-56)67-63(68)45-34-19-16-14-17-20-35-46-64(69)72-49-58-40-29-23-30-41-58;1-5-6-7-8-9-10-11-12-13-14-15-25-32-45(53-34-42-28-21-17-22-29-42)47(54-35-43-30-23-18-24-31-43)44(50-51-49)36-55-48-40(4)38(2)39(3)46(56-48)37-52-33-41-26-19-16-20-27-41;1-2-3(4)5/h21-32,36-43,53-55,60-62,65-66H,5-20,33-35,44-52H2,1-4H3,(H,67,68);16-24,26-31,38-40,44-48H,5-15,25,32-37H2,1-4H3;2H2,1H3,(H,4,5)/t53-,54+,55?,60-,61+,62?,65-,66-;38-,39+,40?,44-,45+,46?,47-,48-;/m00./s1. The van der Waals surface area contributed by atoms with Gasteiger partial charge in [-0.3, -0.25) is 14.4 Å². The van der Waals surface area contributed by atoms with Crippen LogP contribution in [-0.2, 0) is 113 Å². The van der Waals surface area contributed by atoms with Gasteiger partial charge in [0.25, 0.3) is 0 Å². The number of carbonyl (C=O) groups is 3. The third-order valence-corrected chi connectivity index (χ3v) is 27.4. The molecule has 136 heavy (non-hydrogen) atoms. The summed E-state index contributed by atoms with van der Waals surface area (Å²) >= 11 is 0. The summed E-state index contributed by atoms with van der Waals surface area (Å²) in [5.41, 5.74) is 17.5. The van der Waals surface area contributed by atoms with Gasteiger partial charge in [0.05, 0.1) is 109 Å². The van der Waals surface area contributed by atoms with Crippen LogP contribution >= 0.6 is 0 Å². The Balaban J connectivity index is 0.000000366. The molecule has 2 saturated heterocycles. The summed E-state index contributed by atoms with van der Waals surface area (Å²) in [5.74, 6) is 0.585. The van der Waals surface area contributed by atoms with Gasteiger partial charge in [-0.25, -0.2) is 0 Å². The average Bonchev–Trinajstić information content (AvgIpc) is 0.813. The Labute approximate surface area is 819 Å². The summed E-state index contributed by atoms with van der Waals surface area (Å²) in [7, 11) is 0. The normalized spacial score (nSPS) is 19.4. The van der Waals surface area contributed by atoms with E-state index in [1.54, 1.807) is 6.92 Å². The molecule has 19 heteroatoms. The molecular weight excluding hydrogens is 1700 g/mol. The van der Waals surface area contributed by atoms with Crippen LogP contribution in [0.3, 0.4) is 0 Å². The van der Waals surface area contributed by atoms with Crippen molar-refractivity contribution >= 4 is 17.8 Å². The van der Waals surface area contributed by atoms with Crippen molar-refractivity contribution in [2.24, 2.45) is 40.6 Å². The lowest BCUT2D eigenvalue weighted by Gasteiger charge is -2.44. The fourth-order valence-electron chi connectivity index (χ4n) is 18.0. The maximum absolute atomic E-state index is 14.2. The van der Waals surface area contributed by atoms with Crippen LogP contribution in [0.4, 0.5) is 0 Å². The second kappa shape index (κ2) is 73.0. The molecule has 2 fully saturated rings. The zero-order valence-corrected chi connectivity index (χ0v) is 84.7. The molecule has 2 aliphatic rings. The first-order valence-corrected chi connectivity index (χ1v) is 52.7. The minimum atomic E-state index is -0.745. The van der Waals surface area contributed by atoms with Crippen LogP contribution in [0.5, 0.6) is 0 Å². The summed E-state index contributed by atoms with van der Waals surface area (Å²) in [6, 6.07) is 70.2. The summed E-state index contributed by atoms with van der Waals surface area (Å²) in [4.78, 5) is 39.2. The van der Waals surface area contributed by atoms with E-state index in [0.717, 1.165) is 122 Å². The minimum absolute atomic E-state index is 0.00936. The fourth-order valence-corrected chi connectivity index (χ4v) is 18.0. The Hall–Kier alpha value is -8.14. The first-order valence-electron chi connectivity index (χ1n) is 52.7. The number of nitrogens with one attached hydrogen (secondary N) is 1. The number of benzene rings is 7. The van der Waals surface area contributed by atoms with Crippen LogP contribution in [0.15, 0.2) is 217 Å². The molecule has 1 amide bonds. The summed E-state index contributed by atoms with van der Waals surface area (Å²) < 4.78 is 72.3. The number of unbranched alkanes of at least 4 members (excludes halogenated alkanes) is 28. The molecule has 16 atom stereocenters. The van der Waals surface area contributed by atoms with Gasteiger partial charge in [-0.1, -0.05) is 466 Å². The van der Waals surface area contributed by atoms with E-state index >= 15 is 0 Å². The smallest absolute Gasteiger partial charge is 0.306 e. The van der Waals surface area contributed by atoms with E-state index in [4.69, 9.17) is 57.2 Å². The Kier molecular flexibility index (Phi) is 61.7. The topological polar surface area (TPSA) is 234 Å². The van der Waals surface area contributed by atoms with E-state index in [-0.39, 0.29) is 73.7 Å². The molecule has 0 spiro atoms. The number of amides is 1. The highest BCUT2D eigenvalue weighted by atomic mass is 16.7. The summed E-state index contributed by atoms with van der Waals surface area (Å²) in [6.07, 6.45) is 37.3. The number of esters is 1. The molecule has 19 nitrogen and oxygen atoms in total. The van der Waals surface area contributed by atoms with Crippen LogP contribution in [-0.4, -0.2) is 111 Å². The largest absolute Gasteiger partial charge is 0.481 e. The van der Waals surface area contributed by atoms with Crippen molar-refractivity contribution in [1.82, 2.24) is 5.32 Å². The number of hydrogen-bond donors (Lipinski definition) is 2. The lowest BCUT2D eigenvalue weighted by molar-refractivity contribution is -0.262. The Morgan fingerprint density at radius 2 is 0.654 bits per heavy atom. The number of ether oxygens (including phenoxy) is 11. The van der Waals surface area contributed by atoms with Gasteiger partial charge in [-0.05, 0) is 93.8 Å². The van der Waals surface area contributed by atoms with Crippen LogP contribution in [0.1, 0.15) is 332 Å². The van der Waals surface area contributed by atoms with Crippen molar-refractivity contribution in [3.05, 3.63) is 262 Å². The van der Waals surface area contributed by atoms with Crippen molar-refractivity contribution in [3.63, 3.8) is 0 Å².